The minimum atomic E-state index is -0.394. The van der Waals surface area contributed by atoms with Gasteiger partial charge in [-0.3, -0.25) is 19.0 Å². The van der Waals surface area contributed by atoms with Crippen LogP contribution in [0.15, 0.2) is 77.6 Å². The van der Waals surface area contributed by atoms with Crippen molar-refractivity contribution in [2.24, 2.45) is 5.92 Å². The second-order valence-electron chi connectivity index (χ2n) is 10.2. The molecule has 1 aliphatic heterocycles. The van der Waals surface area contributed by atoms with Crippen molar-refractivity contribution in [2.45, 2.75) is 38.3 Å². The Balaban J connectivity index is 1.57. The number of hydrogen-bond acceptors (Lipinski definition) is 3. The van der Waals surface area contributed by atoms with Gasteiger partial charge in [0, 0.05) is 24.0 Å². The van der Waals surface area contributed by atoms with E-state index in [0.29, 0.717) is 35.3 Å². The zero-order chi connectivity index (χ0) is 27.1. The van der Waals surface area contributed by atoms with Gasteiger partial charge in [-0.15, -0.1) is 0 Å². The third-order valence-corrected chi connectivity index (χ3v) is 7.91. The third-order valence-electron chi connectivity index (χ3n) is 7.60. The lowest BCUT2D eigenvalue weighted by atomic mass is 9.98. The number of carbonyl (C=O) groups is 2. The molecule has 198 valence electrons. The van der Waals surface area contributed by atoms with Crippen molar-refractivity contribution >= 4 is 34.2 Å². The summed E-state index contributed by atoms with van der Waals surface area (Å²) in [5, 5.41) is 4.06. The van der Waals surface area contributed by atoms with Crippen LogP contribution in [0.3, 0.4) is 0 Å². The molecule has 8 heteroatoms. The van der Waals surface area contributed by atoms with Gasteiger partial charge < -0.3 is 10.2 Å². The molecular weight excluding hydrogens is 517 g/mol. The number of hydrogen-bond donors (Lipinski definition) is 1. The minimum absolute atomic E-state index is 0.0183. The number of rotatable bonds is 7. The van der Waals surface area contributed by atoms with Crippen LogP contribution in [0.1, 0.15) is 53.3 Å². The first-order chi connectivity index (χ1) is 18.9. The summed E-state index contributed by atoms with van der Waals surface area (Å²) in [4.78, 5) is 42.6. The molecule has 1 aromatic heterocycles. The normalized spacial score (nSPS) is 16.1. The number of pyridine rings is 1. The van der Waals surface area contributed by atoms with Crippen LogP contribution in [-0.2, 0) is 11.3 Å². The molecule has 1 atom stereocenters. The van der Waals surface area contributed by atoms with Crippen LogP contribution in [0.4, 0.5) is 4.39 Å². The van der Waals surface area contributed by atoms with E-state index in [1.807, 2.05) is 24.3 Å². The summed E-state index contributed by atoms with van der Waals surface area (Å²) in [6.07, 6.45) is 3.00. The number of nitrogens with one attached hydrogen (secondary N) is 1. The fraction of sp³-hybridized carbons (Fsp3) is 0.258. The molecule has 6 rings (SSSR count). The fourth-order valence-electron chi connectivity index (χ4n) is 5.57. The van der Waals surface area contributed by atoms with E-state index in [2.05, 4.69) is 5.32 Å². The van der Waals surface area contributed by atoms with Crippen LogP contribution in [0, 0.1) is 11.7 Å². The highest BCUT2D eigenvalue weighted by Crippen LogP contribution is 2.41. The molecule has 39 heavy (non-hydrogen) atoms. The number of carbonyl (C=O) groups excluding carboxylic acids is 2. The van der Waals surface area contributed by atoms with Gasteiger partial charge in [0.05, 0.1) is 34.3 Å². The van der Waals surface area contributed by atoms with E-state index >= 15 is 0 Å². The van der Waals surface area contributed by atoms with Gasteiger partial charge in [-0.2, -0.15) is 0 Å². The first kappa shape index (κ1) is 25.3. The lowest BCUT2D eigenvalue weighted by Crippen LogP contribution is -2.36. The maximum Gasteiger partial charge on any atom is 0.264 e. The summed E-state index contributed by atoms with van der Waals surface area (Å²) in [6.45, 7) is 0.646. The van der Waals surface area contributed by atoms with Crippen molar-refractivity contribution in [1.29, 1.82) is 0 Å². The van der Waals surface area contributed by atoms with Gasteiger partial charge in [-0.05, 0) is 61.1 Å². The monoisotopic (exact) mass is 543 g/mol. The van der Waals surface area contributed by atoms with Crippen LogP contribution < -0.4 is 10.9 Å². The molecule has 3 aromatic carbocycles. The summed E-state index contributed by atoms with van der Waals surface area (Å²) in [5.41, 5.74) is 1.62. The Bertz CT molecular complexity index is 1650. The molecule has 4 aromatic rings. The molecule has 2 fully saturated rings. The molecule has 0 bridgehead atoms. The van der Waals surface area contributed by atoms with E-state index in [4.69, 9.17) is 11.6 Å². The van der Waals surface area contributed by atoms with Crippen molar-refractivity contribution in [1.82, 2.24) is 14.8 Å². The second kappa shape index (κ2) is 10.3. The van der Waals surface area contributed by atoms with Gasteiger partial charge in [0.1, 0.15) is 5.82 Å². The zero-order valence-corrected chi connectivity index (χ0v) is 22.0. The average Bonchev–Trinajstić information content (AvgIpc) is 3.69. The number of benzene rings is 3. The van der Waals surface area contributed by atoms with Crippen molar-refractivity contribution < 1.29 is 14.0 Å². The Labute approximate surface area is 230 Å². The summed E-state index contributed by atoms with van der Waals surface area (Å²) >= 11 is 6.57. The van der Waals surface area contributed by atoms with Crippen molar-refractivity contribution in [3.05, 3.63) is 111 Å². The Morgan fingerprint density at radius 1 is 1.03 bits per heavy atom. The van der Waals surface area contributed by atoms with E-state index in [9.17, 15) is 18.8 Å². The Hall–Kier alpha value is -3.97. The van der Waals surface area contributed by atoms with E-state index in [-0.39, 0.29) is 51.8 Å². The fourth-order valence-corrected chi connectivity index (χ4v) is 5.83. The van der Waals surface area contributed by atoms with Crippen molar-refractivity contribution in [3.8, 4) is 5.69 Å². The highest BCUT2D eigenvalue weighted by atomic mass is 35.5. The lowest BCUT2D eigenvalue weighted by Gasteiger charge is -2.25. The zero-order valence-electron chi connectivity index (χ0n) is 21.2. The maximum absolute atomic E-state index is 14.3. The SMILES string of the molecule is O=C(N[C@H](c1cccc(F)c1)C1CC1)c1c(CN2CCCC2=O)n(-c2ccccc2)c(=O)c2c(Cl)cccc12. The topological polar surface area (TPSA) is 71.4 Å². The Morgan fingerprint density at radius 3 is 2.49 bits per heavy atom. The van der Waals surface area contributed by atoms with Crippen LogP contribution in [0.5, 0.6) is 0 Å². The highest BCUT2D eigenvalue weighted by Gasteiger charge is 2.35. The number of nitrogens with zero attached hydrogens (tertiary/aromatic N) is 2. The van der Waals surface area contributed by atoms with E-state index in [1.165, 1.54) is 16.7 Å². The minimum Gasteiger partial charge on any atom is -0.345 e. The third kappa shape index (κ3) is 4.83. The number of amides is 2. The smallest absolute Gasteiger partial charge is 0.264 e. The van der Waals surface area contributed by atoms with Crippen LogP contribution in [0.2, 0.25) is 5.02 Å². The van der Waals surface area contributed by atoms with E-state index in [0.717, 1.165) is 19.3 Å². The number of likely N-dealkylation sites (tertiary alicyclic amines) is 1. The molecule has 0 unspecified atom stereocenters. The van der Waals surface area contributed by atoms with Gasteiger partial charge in [0.2, 0.25) is 5.91 Å². The van der Waals surface area contributed by atoms with Gasteiger partial charge in [0.25, 0.3) is 11.5 Å². The number of para-hydroxylation sites is 1. The molecule has 1 N–H and O–H groups in total. The lowest BCUT2D eigenvalue weighted by molar-refractivity contribution is -0.128. The molecule has 1 saturated carbocycles. The van der Waals surface area contributed by atoms with E-state index < -0.39 is 5.91 Å². The first-order valence-corrected chi connectivity index (χ1v) is 13.6. The average molecular weight is 544 g/mol. The largest absolute Gasteiger partial charge is 0.345 e. The summed E-state index contributed by atoms with van der Waals surface area (Å²) in [5.74, 6) is -0.588. The molecule has 2 amide bonds. The second-order valence-corrected chi connectivity index (χ2v) is 10.6. The first-order valence-electron chi connectivity index (χ1n) is 13.2. The van der Waals surface area contributed by atoms with Gasteiger partial charge in [0.15, 0.2) is 0 Å². The van der Waals surface area contributed by atoms with E-state index in [1.54, 1.807) is 41.3 Å². The molecule has 1 aliphatic carbocycles. The molecular formula is C31H27ClFN3O3. The molecule has 2 heterocycles. The number of aromatic nitrogens is 1. The number of fused-ring (bicyclic) bond motifs is 1. The van der Waals surface area contributed by atoms with Gasteiger partial charge in [-0.25, -0.2) is 4.39 Å². The quantitative estimate of drug-likeness (QED) is 0.321. The van der Waals surface area contributed by atoms with Crippen LogP contribution in [-0.4, -0.2) is 27.8 Å². The molecule has 0 spiro atoms. The van der Waals surface area contributed by atoms with Gasteiger partial charge >= 0.3 is 0 Å². The summed E-state index contributed by atoms with van der Waals surface area (Å²) in [6, 6.07) is 20.0. The molecule has 2 aliphatic rings. The van der Waals surface area contributed by atoms with Crippen molar-refractivity contribution in [2.75, 3.05) is 6.54 Å². The molecule has 6 nitrogen and oxygen atoms in total. The van der Waals surface area contributed by atoms with Crippen LogP contribution in [0.25, 0.3) is 16.5 Å². The summed E-state index contributed by atoms with van der Waals surface area (Å²) in [7, 11) is 0. The summed E-state index contributed by atoms with van der Waals surface area (Å²) < 4.78 is 15.6. The standard InChI is InChI=1S/C31H27ClFN3O3/c32-24-12-5-11-23-27(24)31(39)36(22-9-2-1-3-10-22)25(18-35-16-6-13-26(35)37)28(23)30(38)34-29(19-14-15-19)20-7-4-8-21(33)17-20/h1-5,7-12,17,19,29H,6,13-16,18H2,(H,34,38)/t29-/m0/s1. The Morgan fingerprint density at radius 2 is 1.79 bits per heavy atom. The molecule has 0 radical (unpaired) electrons. The Kier molecular flexibility index (Phi) is 6.69. The highest BCUT2D eigenvalue weighted by molar-refractivity contribution is 6.36. The van der Waals surface area contributed by atoms with Crippen molar-refractivity contribution in [3.63, 3.8) is 0 Å². The van der Waals surface area contributed by atoms with Gasteiger partial charge in [-0.1, -0.05) is 54.1 Å². The molecule has 1 saturated heterocycles. The van der Waals surface area contributed by atoms with Crippen LogP contribution >= 0.6 is 11.6 Å². The number of halogens is 2. The maximum atomic E-state index is 14.3. The predicted octanol–water partition coefficient (Wildman–Crippen LogP) is 5.79. The predicted molar refractivity (Wildman–Crippen MR) is 149 cm³/mol.